The van der Waals surface area contributed by atoms with Gasteiger partial charge >= 0.3 is 0 Å². The van der Waals surface area contributed by atoms with Gasteiger partial charge in [0.05, 0.1) is 11.4 Å². The molecule has 1 aliphatic rings. The lowest BCUT2D eigenvalue weighted by atomic mass is 10.1. The zero-order chi connectivity index (χ0) is 17.6. The lowest BCUT2D eigenvalue weighted by Crippen LogP contribution is -2.35. The van der Waals surface area contributed by atoms with E-state index in [9.17, 15) is 14.0 Å². The van der Waals surface area contributed by atoms with Crippen molar-refractivity contribution in [2.24, 2.45) is 0 Å². The van der Waals surface area contributed by atoms with Crippen molar-refractivity contribution in [2.75, 3.05) is 16.8 Å². The number of hydrogen-bond acceptors (Lipinski definition) is 2. The number of nitrogens with one attached hydrogen (secondary N) is 1. The van der Waals surface area contributed by atoms with Crippen molar-refractivity contribution in [3.8, 4) is 0 Å². The molecule has 25 heavy (non-hydrogen) atoms. The smallest absolute Gasteiger partial charge is 0.259 e. The van der Waals surface area contributed by atoms with Crippen molar-refractivity contribution in [3.05, 3.63) is 71.0 Å². The van der Waals surface area contributed by atoms with Gasteiger partial charge in [-0.2, -0.15) is 0 Å². The number of amides is 2. The van der Waals surface area contributed by atoms with Crippen LogP contribution in [0.2, 0.25) is 5.02 Å². The largest absolute Gasteiger partial charge is 0.322 e. The van der Waals surface area contributed by atoms with Crippen LogP contribution in [0.4, 0.5) is 15.8 Å². The van der Waals surface area contributed by atoms with Gasteiger partial charge in [0, 0.05) is 16.0 Å². The summed E-state index contributed by atoms with van der Waals surface area (Å²) in [6.45, 7) is -0.200. The van der Waals surface area contributed by atoms with Gasteiger partial charge in [-0.3, -0.25) is 14.5 Å². The van der Waals surface area contributed by atoms with Crippen LogP contribution in [0, 0.1) is 5.82 Å². The van der Waals surface area contributed by atoms with Gasteiger partial charge in [0.1, 0.15) is 12.4 Å². The molecule has 1 N–H and O–H groups in total. The Morgan fingerprint density at radius 2 is 1.88 bits per heavy atom. The highest BCUT2D eigenvalue weighted by Gasteiger charge is 2.30. The van der Waals surface area contributed by atoms with E-state index in [0.29, 0.717) is 11.3 Å². The minimum atomic E-state index is -0.626. The number of rotatable bonds is 3. The molecule has 0 saturated heterocycles. The summed E-state index contributed by atoms with van der Waals surface area (Å²) in [6.07, 6.45) is 0. The molecule has 0 bridgehead atoms. The fraction of sp³-hybridized carbons (Fsp3) is 0.0526. The molecule has 0 radical (unpaired) electrons. The first-order valence-electron chi connectivity index (χ1n) is 7.63. The maximum absolute atomic E-state index is 13.8. The Morgan fingerprint density at radius 1 is 1.12 bits per heavy atom. The predicted molar refractivity (Wildman–Crippen MR) is 95.7 cm³/mol. The Balaban J connectivity index is 1.61. The topological polar surface area (TPSA) is 49.4 Å². The molecule has 6 heteroatoms. The summed E-state index contributed by atoms with van der Waals surface area (Å²) in [5.74, 6) is -1.35. The normalized spacial score (nSPS) is 12.7. The number of hydrogen-bond donors (Lipinski definition) is 1. The fourth-order valence-electron chi connectivity index (χ4n) is 3.06. The zero-order valence-electron chi connectivity index (χ0n) is 12.9. The standard InChI is InChI=1S/C19H12ClFN2O2/c20-12-7-8-15(14(21)9-12)22-17(24)10-23-16-6-2-4-11-3-1-5-13(18(11)16)19(23)25/h1-9H,10H2,(H,22,24). The van der Waals surface area contributed by atoms with Crippen LogP contribution in [-0.4, -0.2) is 18.4 Å². The molecular formula is C19H12ClFN2O2. The Bertz CT molecular complexity index is 1030. The van der Waals surface area contributed by atoms with E-state index >= 15 is 0 Å². The second kappa shape index (κ2) is 5.86. The fourth-order valence-corrected chi connectivity index (χ4v) is 3.22. The summed E-state index contributed by atoms with van der Waals surface area (Å²) in [7, 11) is 0. The highest BCUT2D eigenvalue weighted by molar-refractivity contribution is 6.30. The Hall–Kier alpha value is -2.92. The van der Waals surface area contributed by atoms with E-state index < -0.39 is 11.7 Å². The summed E-state index contributed by atoms with van der Waals surface area (Å²) in [5.41, 5.74) is 1.28. The lowest BCUT2D eigenvalue weighted by molar-refractivity contribution is -0.114. The number of halogens is 2. The van der Waals surface area contributed by atoms with E-state index in [4.69, 9.17) is 11.6 Å². The quantitative estimate of drug-likeness (QED) is 0.765. The molecule has 1 heterocycles. The van der Waals surface area contributed by atoms with E-state index in [1.807, 2.05) is 24.3 Å². The predicted octanol–water partition coefficient (Wildman–Crippen LogP) is 4.23. The molecule has 1 aliphatic heterocycles. The molecule has 124 valence electrons. The molecule has 0 spiro atoms. The summed E-state index contributed by atoms with van der Waals surface area (Å²) in [5, 5.41) is 4.49. The zero-order valence-corrected chi connectivity index (χ0v) is 13.7. The molecule has 3 aromatic carbocycles. The van der Waals surface area contributed by atoms with Crippen molar-refractivity contribution in [1.82, 2.24) is 0 Å². The van der Waals surface area contributed by atoms with Crippen LogP contribution in [0.1, 0.15) is 10.4 Å². The number of benzene rings is 3. The first kappa shape index (κ1) is 15.6. The van der Waals surface area contributed by atoms with Gasteiger partial charge in [0.2, 0.25) is 5.91 Å². The van der Waals surface area contributed by atoms with Crippen molar-refractivity contribution in [3.63, 3.8) is 0 Å². The maximum Gasteiger partial charge on any atom is 0.259 e. The van der Waals surface area contributed by atoms with Crippen molar-refractivity contribution >= 4 is 45.6 Å². The average Bonchev–Trinajstić information content (AvgIpc) is 2.86. The third kappa shape index (κ3) is 2.62. The second-order valence-corrected chi connectivity index (χ2v) is 6.18. The van der Waals surface area contributed by atoms with Crippen LogP contribution in [0.3, 0.4) is 0 Å². The van der Waals surface area contributed by atoms with Gasteiger partial charge in [-0.15, -0.1) is 0 Å². The number of carbonyl (C=O) groups excluding carboxylic acids is 2. The summed E-state index contributed by atoms with van der Waals surface area (Å²) < 4.78 is 13.8. The third-order valence-corrected chi connectivity index (χ3v) is 4.39. The molecule has 0 aromatic heterocycles. The monoisotopic (exact) mass is 354 g/mol. The number of anilines is 2. The second-order valence-electron chi connectivity index (χ2n) is 5.74. The minimum absolute atomic E-state index is 0.0248. The first-order chi connectivity index (χ1) is 12.0. The molecule has 4 rings (SSSR count). The first-order valence-corrected chi connectivity index (χ1v) is 8.01. The SMILES string of the molecule is O=C(CN1C(=O)c2cccc3cccc1c23)Nc1ccc(Cl)cc1F. The minimum Gasteiger partial charge on any atom is -0.322 e. The molecule has 3 aromatic rings. The summed E-state index contributed by atoms with van der Waals surface area (Å²) >= 11 is 5.70. The van der Waals surface area contributed by atoms with Gasteiger partial charge in [0.15, 0.2) is 0 Å². The molecule has 0 saturated carbocycles. The van der Waals surface area contributed by atoms with Crippen LogP contribution in [-0.2, 0) is 4.79 Å². The highest BCUT2D eigenvalue weighted by Crippen LogP contribution is 2.36. The van der Waals surface area contributed by atoms with Gasteiger partial charge in [-0.25, -0.2) is 4.39 Å². The van der Waals surface area contributed by atoms with E-state index in [1.165, 1.54) is 17.0 Å². The number of nitrogens with zero attached hydrogens (tertiary/aromatic N) is 1. The molecule has 4 nitrogen and oxygen atoms in total. The van der Waals surface area contributed by atoms with E-state index in [1.54, 1.807) is 12.1 Å². The molecule has 2 amide bonds. The summed E-state index contributed by atoms with van der Waals surface area (Å²) in [6, 6.07) is 15.0. The van der Waals surface area contributed by atoms with Crippen molar-refractivity contribution < 1.29 is 14.0 Å². The van der Waals surface area contributed by atoms with Gasteiger partial charge in [-0.1, -0.05) is 35.9 Å². The molecule has 0 unspecified atom stereocenters. The Morgan fingerprint density at radius 3 is 2.64 bits per heavy atom. The van der Waals surface area contributed by atoms with Crippen molar-refractivity contribution in [1.29, 1.82) is 0 Å². The van der Waals surface area contributed by atoms with Gasteiger partial charge in [-0.05, 0) is 35.7 Å². The van der Waals surface area contributed by atoms with E-state index in [0.717, 1.165) is 16.8 Å². The van der Waals surface area contributed by atoms with Gasteiger partial charge < -0.3 is 5.32 Å². The van der Waals surface area contributed by atoms with E-state index in [-0.39, 0.29) is 23.2 Å². The van der Waals surface area contributed by atoms with Crippen LogP contribution < -0.4 is 10.2 Å². The van der Waals surface area contributed by atoms with Crippen LogP contribution in [0.5, 0.6) is 0 Å². The maximum atomic E-state index is 13.8. The van der Waals surface area contributed by atoms with Crippen LogP contribution in [0.25, 0.3) is 10.8 Å². The van der Waals surface area contributed by atoms with E-state index in [2.05, 4.69) is 5.32 Å². The van der Waals surface area contributed by atoms with Crippen LogP contribution in [0.15, 0.2) is 54.6 Å². The average molecular weight is 355 g/mol. The Kier molecular flexibility index (Phi) is 3.66. The van der Waals surface area contributed by atoms with Crippen molar-refractivity contribution in [2.45, 2.75) is 0 Å². The third-order valence-electron chi connectivity index (χ3n) is 4.16. The van der Waals surface area contributed by atoms with Crippen LogP contribution >= 0.6 is 11.6 Å². The molecule has 0 aliphatic carbocycles. The summed E-state index contributed by atoms with van der Waals surface area (Å²) in [4.78, 5) is 26.4. The molecule has 0 fully saturated rings. The number of carbonyl (C=O) groups is 2. The molecular weight excluding hydrogens is 343 g/mol. The highest BCUT2D eigenvalue weighted by atomic mass is 35.5. The Labute approximate surface area is 147 Å². The van der Waals surface area contributed by atoms with Gasteiger partial charge in [0.25, 0.3) is 5.91 Å². The lowest BCUT2D eigenvalue weighted by Gasteiger charge is -2.17. The molecule has 0 atom stereocenters.